The molecule has 0 unspecified atom stereocenters. The number of aliphatic carboxylic acids is 1. The lowest BCUT2D eigenvalue weighted by Gasteiger charge is -2.22. The van der Waals surface area contributed by atoms with Crippen LogP contribution in [-0.2, 0) is 30.8 Å². The Hall–Kier alpha value is -3.64. The number of hydrogen-bond donors (Lipinski definition) is 4. The first kappa shape index (κ1) is 29.6. The summed E-state index contributed by atoms with van der Waals surface area (Å²) in [4.78, 5) is 37.2. The lowest BCUT2D eigenvalue weighted by molar-refractivity contribution is -0.141. The van der Waals surface area contributed by atoms with E-state index in [0.717, 1.165) is 5.56 Å². The Balaban J connectivity index is 2.01. The number of amides is 2. The van der Waals surface area contributed by atoms with Crippen molar-refractivity contribution < 1.29 is 37.4 Å². The summed E-state index contributed by atoms with van der Waals surface area (Å²) in [7, 11) is -2.22. The molecule has 5 N–H and O–H groups in total. The van der Waals surface area contributed by atoms with Crippen LogP contribution >= 0.6 is 0 Å². The van der Waals surface area contributed by atoms with Crippen molar-refractivity contribution in [2.45, 2.75) is 31.7 Å². The molecule has 2 rings (SSSR count). The molecule has 0 aliphatic heterocycles. The maximum absolute atomic E-state index is 13.0. The van der Waals surface area contributed by atoms with Gasteiger partial charge in [-0.2, -0.15) is 0 Å². The predicted octanol–water partition coefficient (Wildman–Crippen LogP) is 1.08. The molecule has 0 aliphatic rings. The summed E-state index contributed by atoms with van der Waals surface area (Å²) in [6, 6.07) is 14.9. The number of methoxy groups -OCH3 is 1. The first-order valence-electron chi connectivity index (χ1n) is 11.7. The van der Waals surface area contributed by atoms with Crippen LogP contribution in [0.5, 0.6) is 11.5 Å². The van der Waals surface area contributed by atoms with Crippen LogP contribution in [0.15, 0.2) is 54.6 Å². The van der Waals surface area contributed by atoms with E-state index in [1.807, 2.05) is 0 Å². The molecule has 0 saturated heterocycles. The highest BCUT2D eigenvalue weighted by atomic mass is 32.2. The Morgan fingerprint density at radius 3 is 2.24 bits per heavy atom. The van der Waals surface area contributed by atoms with Crippen LogP contribution in [-0.4, -0.2) is 63.4 Å². The van der Waals surface area contributed by atoms with Gasteiger partial charge in [0.05, 0.1) is 25.9 Å². The Kier molecular flexibility index (Phi) is 11.8. The van der Waals surface area contributed by atoms with E-state index in [9.17, 15) is 27.9 Å². The van der Waals surface area contributed by atoms with Gasteiger partial charge in [0.15, 0.2) is 0 Å². The minimum absolute atomic E-state index is 0.133. The molecule has 0 fully saturated rings. The van der Waals surface area contributed by atoms with Gasteiger partial charge in [0.1, 0.15) is 17.5 Å². The van der Waals surface area contributed by atoms with E-state index < -0.39 is 51.9 Å². The zero-order chi connectivity index (χ0) is 27.3. The average molecular weight is 536 g/mol. The Morgan fingerprint density at radius 2 is 1.65 bits per heavy atom. The fraction of sp³-hybridized carbons (Fsp3) is 0.400. The van der Waals surface area contributed by atoms with E-state index in [4.69, 9.17) is 14.6 Å². The minimum atomic E-state index is -3.78. The predicted molar refractivity (Wildman–Crippen MR) is 137 cm³/mol. The standard InChI is InChI=1S/C25H33N3O8S/c1-35-20-9-11-21(12-10-20)36-14-5-8-19(17-23(29)30)24(31)28-22(16-18-6-3-2-4-7-18)25(32)27-13-15-37(26,33)34/h2-4,6-7,9-12,19,22H,5,8,13-17H2,1H3,(H,27,32)(H,28,31)(H,29,30)(H2,26,33,34)/t19-,22+/m1/s1. The summed E-state index contributed by atoms with van der Waals surface area (Å²) >= 11 is 0. The summed E-state index contributed by atoms with van der Waals surface area (Å²) in [5.74, 6) is -2.39. The van der Waals surface area contributed by atoms with Crippen LogP contribution in [0.2, 0.25) is 0 Å². The zero-order valence-electron chi connectivity index (χ0n) is 20.6. The molecule has 0 aliphatic carbocycles. The number of rotatable bonds is 16. The number of carboxylic acids is 1. The molecule has 0 aromatic heterocycles. The molecule has 2 aromatic rings. The summed E-state index contributed by atoms with van der Waals surface area (Å²) in [5.41, 5.74) is 0.761. The number of carbonyl (C=O) groups excluding carboxylic acids is 2. The molecule has 0 bridgehead atoms. The zero-order valence-corrected chi connectivity index (χ0v) is 21.4. The van der Waals surface area contributed by atoms with Crippen molar-refractivity contribution >= 4 is 27.8 Å². The summed E-state index contributed by atoms with van der Waals surface area (Å²) in [6.45, 7) is 0.0390. The van der Waals surface area contributed by atoms with E-state index in [1.54, 1.807) is 61.7 Å². The lowest BCUT2D eigenvalue weighted by Crippen LogP contribution is -2.50. The highest BCUT2D eigenvalue weighted by Gasteiger charge is 2.27. The van der Waals surface area contributed by atoms with Gasteiger partial charge in [-0.15, -0.1) is 0 Å². The Bertz CT molecular complexity index is 1120. The molecule has 0 saturated carbocycles. The van der Waals surface area contributed by atoms with Crippen LogP contribution in [0.3, 0.4) is 0 Å². The molecule has 0 spiro atoms. The second-order valence-corrected chi connectivity index (χ2v) is 10.1. The summed E-state index contributed by atoms with van der Waals surface area (Å²) in [6.07, 6.45) is 0.342. The fourth-order valence-electron chi connectivity index (χ4n) is 3.52. The van der Waals surface area contributed by atoms with Gasteiger partial charge in [-0.25, -0.2) is 13.6 Å². The number of nitrogens with one attached hydrogen (secondary N) is 2. The van der Waals surface area contributed by atoms with Crippen molar-refractivity contribution in [1.29, 1.82) is 0 Å². The molecule has 2 aromatic carbocycles. The third-order valence-electron chi connectivity index (χ3n) is 5.42. The number of carboxylic acid groups (broad SMARTS) is 1. The third kappa shape index (κ3) is 11.8. The average Bonchev–Trinajstić information content (AvgIpc) is 2.85. The van der Waals surface area contributed by atoms with Gasteiger partial charge < -0.3 is 25.2 Å². The maximum atomic E-state index is 13.0. The van der Waals surface area contributed by atoms with E-state index in [0.29, 0.717) is 17.9 Å². The number of carbonyl (C=O) groups is 3. The molecular weight excluding hydrogens is 502 g/mol. The quantitative estimate of drug-likeness (QED) is 0.231. The molecule has 2 atom stereocenters. The second-order valence-electron chi connectivity index (χ2n) is 8.37. The summed E-state index contributed by atoms with van der Waals surface area (Å²) in [5, 5.41) is 19.4. The molecule has 37 heavy (non-hydrogen) atoms. The van der Waals surface area contributed by atoms with Gasteiger partial charge in [-0.1, -0.05) is 30.3 Å². The van der Waals surface area contributed by atoms with Gasteiger partial charge in [-0.3, -0.25) is 14.4 Å². The van der Waals surface area contributed by atoms with E-state index in [2.05, 4.69) is 10.6 Å². The first-order valence-corrected chi connectivity index (χ1v) is 13.4. The molecule has 12 heteroatoms. The van der Waals surface area contributed by atoms with Crippen LogP contribution in [0.1, 0.15) is 24.8 Å². The smallest absolute Gasteiger partial charge is 0.304 e. The van der Waals surface area contributed by atoms with Gasteiger partial charge >= 0.3 is 5.97 Å². The molecule has 202 valence electrons. The van der Waals surface area contributed by atoms with E-state index >= 15 is 0 Å². The topological polar surface area (TPSA) is 174 Å². The number of hydrogen-bond acceptors (Lipinski definition) is 7. The van der Waals surface area contributed by atoms with Crippen LogP contribution in [0.25, 0.3) is 0 Å². The first-order chi connectivity index (χ1) is 17.6. The van der Waals surface area contributed by atoms with Gasteiger partial charge in [0, 0.05) is 18.9 Å². The minimum Gasteiger partial charge on any atom is -0.497 e. The number of nitrogens with two attached hydrogens (primary N) is 1. The van der Waals surface area contributed by atoms with Crippen LogP contribution in [0, 0.1) is 5.92 Å². The lowest BCUT2D eigenvalue weighted by atomic mass is 9.97. The SMILES string of the molecule is COc1ccc(OCCC[C@H](CC(=O)O)C(=O)N[C@@H](Cc2ccccc2)C(=O)NCCS(N)(=O)=O)cc1. The molecule has 11 nitrogen and oxygen atoms in total. The van der Waals surface area contributed by atoms with E-state index in [-0.39, 0.29) is 26.0 Å². The van der Waals surface area contributed by atoms with Crippen molar-refractivity contribution in [2.24, 2.45) is 11.1 Å². The fourth-order valence-corrected chi connectivity index (χ4v) is 3.90. The largest absolute Gasteiger partial charge is 0.497 e. The molecule has 2 amide bonds. The van der Waals surface area contributed by atoms with Crippen molar-refractivity contribution in [3.05, 3.63) is 60.2 Å². The number of sulfonamides is 1. The van der Waals surface area contributed by atoms with Crippen LogP contribution < -0.4 is 25.2 Å². The van der Waals surface area contributed by atoms with Crippen molar-refractivity contribution in [3.8, 4) is 11.5 Å². The number of benzene rings is 2. The highest BCUT2D eigenvalue weighted by molar-refractivity contribution is 7.89. The molecular formula is C25H33N3O8S. The number of ether oxygens (including phenoxy) is 2. The van der Waals surface area contributed by atoms with Gasteiger partial charge in [0.25, 0.3) is 0 Å². The molecule has 0 heterocycles. The second kappa shape index (κ2) is 14.8. The monoisotopic (exact) mass is 535 g/mol. The molecule has 0 radical (unpaired) electrons. The third-order valence-corrected chi connectivity index (χ3v) is 6.19. The normalized spacial score (nSPS) is 12.7. The van der Waals surface area contributed by atoms with Crippen LogP contribution in [0.4, 0.5) is 0 Å². The van der Waals surface area contributed by atoms with E-state index in [1.165, 1.54) is 0 Å². The van der Waals surface area contributed by atoms with Crippen molar-refractivity contribution in [1.82, 2.24) is 10.6 Å². The highest BCUT2D eigenvalue weighted by Crippen LogP contribution is 2.18. The number of primary sulfonamides is 1. The van der Waals surface area contributed by atoms with Crippen molar-refractivity contribution in [2.75, 3.05) is 26.0 Å². The van der Waals surface area contributed by atoms with Crippen molar-refractivity contribution in [3.63, 3.8) is 0 Å². The Morgan fingerprint density at radius 1 is 1.00 bits per heavy atom. The Labute approximate surface area is 216 Å². The maximum Gasteiger partial charge on any atom is 0.304 e. The summed E-state index contributed by atoms with van der Waals surface area (Å²) < 4.78 is 33.1. The van der Waals surface area contributed by atoms with Gasteiger partial charge in [0.2, 0.25) is 21.8 Å². The van der Waals surface area contributed by atoms with Gasteiger partial charge in [-0.05, 0) is 42.7 Å².